The maximum Gasteiger partial charge on any atom is 0.237 e. The average Bonchev–Trinajstić information content (AvgIpc) is 3.02. The zero-order valence-corrected chi connectivity index (χ0v) is 14.5. The molecule has 0 atom stereocenters. The molecule has 0 unspecified atom stereocenters. The molecule has 23 heavy (non-hydrogen) atoms. The minimum absolute atomic E-state index is 0.202. The van der Waals surface area contributed by atoms with E-state index in [2.05, 4.69) is 23.2 Å². The van der Waals surface area contributed by atoms with Crippen molar-refractivity contribution in [3.8, 4) is 0 Å². The molecule has 4 rings (SSSR count). The molecule has 0 spiro atoms. The standard InChI is InChI=1S/C18H18N2OS2/c21-17(20-11-5-7-13-6-1-3-9-15(13)20)12-22-18-19-14-8-2-4-10-16(14)23-18/h2-4,8-10H,1,5-7,11-12H2. The average molecular weight is 342 g/mol. The maximum absolute atomic E-state index is 12.7. The summed E-state index contributed by atoms with van der Waals surface area (Å²) in [4.78, 5) is 19.2. The van der Waals surface area contributed by atoms with E-state index in [4.69, 9.17) is 0 Å². The van der Waals surface area contributed by atoms with E-state index >= 15 is 0 Å². The van der Waals surface area contributed by atoms with Crippen LogP contribution < -0.4 is 0 Å². The number of rotatable bonds is 3. The highest BCUT2D eigenvalue weighted by molar-refractivity contribution is 8.01. The van der Waals surface area contributed by atoms with Gasteiger partial charge < -0.3 is 4.90 Å². The third-order valence-electron chi connectivity index (χ3n) is 4.30. The van der Waals surface area contributed by atoms with Gasteiger partial charge >= 0.3 is 0 Å². The van der Waals surface area contributed by atoms with E-state index in [9.17, 15) is 4.79 Å². The van der Waals surface area contributed by atoms with Gasteiger partial charge in [-0.15, -0.1) is 11.3 Å². The number of para-hydroxylation sites is 1. The number of amides is 1. The molecule has 0 radical (unpaired) electrons. The van der Waals surface area contributed by atoms with Gasteiger partial charge in [0.05, 0.1) is 16.0 Å². The Morgan fingerprint density at radius 1 is 1.30 bits per heavy atom. The van der Waals surface area contributed by atoms with Crippen molar-refractivity contribution in [1.29, 1.82) is 0 Å². The number of hydrogen-bond donors (Lipinski definition) is 0. The molecule has 0 saturated heterocycles. The third kappa shape index (κ3) is 3.08. The summed E-state index contributed by atoms with van der Waals surface area (Å²) < 4.78 is 2.16. The topological polar surface area (TPSA) is 33.2 Å². The van der Waals surface area contributed by atoms with E-state index < -0.39 is 0 Å². The van der Waals surface area contributed by atoms with Crippen LogP contribution in [0, 0.1) is 0 Å². The molecule has 0 fully saturated rings. The van der Waals surface area contributed by atoms with Gasteiger partial charge in [0, 0.05) is 12.2 Å². The highest BCUT2D eigenvalue weighted by atomic mass is 32.2. The minimum Gasteiger partial charge on any atom is -0.312 e. The van der Waals surface area contributed by atoms with Gasteiger partial charge in [-0.3, -0.25) is 4.79 Å². The van der Waals surface area contributed by atoms with Crippen LogP contribution in [0.5, 0.6) is 0 Å². The third-order valence-corrected chi connectivity index (χ3v) is 6.46. The number of nitrogens with zero attached hydrogens (tertiary/aromatic N) is 2. The van der Waals surface area contributed by atoms with Crippen molar-refractivity contribution in [1.82, 2.24) is 9.88 Å². The van der Waals surface area contributed by atoms with Crippen molar-refractivity contribution >= 4 is 39.2 Å². The van der Waals surface area contributed by atoms with Crippen LogP contribution in [0.15, 0.2) is 52.0 Å². The van der Waals surface area contributed by atoms with Crippen LogP contribution in [-0.4, -0.2) is 28.1 Å². The van der Waals surface area contributed by atoms with Crippen LogP contribution in [0.2, 0.25) is 0 Å². The molecule has 1 aliphatic carbocycles. The Labute approximate surface area is 144 Å². The van der Waals surface area contributed by atoms with Gasteiger partial charge in [0.2, 0.25) is 5.91 Å². The SMILES string of the molecule is O=C(CSc1nc2ccccc2s1)N1CCCC2=C1C=CCC2. The Morgan fingerprint density at radius 2 is 2.22 bits per heavy atom. The molecule has 1 aromatic heterocycles. The van der Waals surface area contributed by atoms with E-state index in [1.807, 2.05) is 23.1 Å². The number of aromatic nitrogens is 1. The first-order valence-electron chi connectivity index (χ1n) is 7.98. The van der Waals surface area contributed by atoms with Crippen LogP contribution in [0.1, 0.15) is 25.7 Å². The molecule has 1 aromatic carbocycles. The fraction of sp³-hybridized carbons (Fsp3) is 0.333. The van der Waals surface area contributed by atoms with E-state index in [0.717, 1.165) is 47.8 Å². The number of allylic oxidation sites excluding steroid dienone is 3. The normalized spacial score (nSPS) is 17.7. The molecule has 1 aliphatic heterocycles. The summed E-state index contributed by atoms with van der Waals surface area (Å²) >= 11 is 3.22. The summed E-state index contributed by atoms with van der Waals surface area (Å²) in [5.41, 5.74) is 3.64. The summed E-state index contributed by atoms with van der Waals surface area (Å²) in [6, 6.07) is 8.12. The summed E-state index contributed by atoms with van der Waals surface area (Å²) in [7, 11) is 0. The lowest BCUT2D eigenvalue weighted by Gasteiger charge is -2.32. The zero-order chi connectivity index (χ0) is 15.6. The molecule has 0 saturated carbocycles. The maximum atomic E-state index is 12.7. The largest absolute Gasteiger partial charge is 0.312 e. The molecule has 5 heteroatoms. The van der Waals surface area contributed by atoms with Gasteiger partial charge in [-0.1, -0.05) is 30.0 Å². The molecule has 118 valence electrons. The van der Waals surface area contributed by atoms with Crippen LogP contribution in [0.4, 0.5) is 0 Å². The Bertz CT molecular complexity index is 773. The highest BCUT2D eigenvalue weighted by Gasteiger charge is 2.24. The molecule has 1 amide bonds. The molecule has 3 nitrogen and oxygen atoms in total. The summed E-state index contributed by atoms with van der Waals surface area (Å²) in [5.74, 6) is 0.665. The minimum atomic E-state index is 0.202. The Balaban J connectivity index is 1.46. The summed E-state index contributed by atoms with van der Waals surface area (Å²) in [5, 5.41) is 0. The van der Waals surface area contributed by atoms with Gasteiger partial charge in [-0.05, 0) is 49.5 Å². The lowest BCUT2D eigenvalue weighted by molar-refractivity contribution is -0.126. The van der Waals surface area contributed by atoms with Gasteiger partial charge in [0.1, 0.15) is 0 Å². The predicted octanol–water partition coefficient (Wildman–Crippen LogP) is 4.61. The van der Waals surface area contributed by atoms with Gasteiger partial charge in [-0.25, -0.2) is 4.98 Å². The van der Waals surface area contributed by atoms with Gasteiger partial charge in [-0.2, -0.15) is 0 Å². The van der Waals surface area contributed by atoms with Crippen molar-refractivity contribution in [2.75, 3.05) is 12.3 Å². The van der Waals surface area contributed by atoms with Crippen LogP contribution in [0.3, 0.4) is 0 Å². The molecular weight excluding hydrogens is 324 g/mol. The van der Waals surface area contributed by atoms with Crippen molar-refractivity contribution in [3.05, 3.63) is 47.7 Å². The number of carbonyl (C=O) groups excluding carboxylic acids is 1. The smallest absolute Gasteiger partial charge is 0.237 e. The van der Waals surface area contributed by atoms with E-state index in [0.29, 0.717) is 5.75 Å². The highest BCUT2D eigenvalue weighted by Crippen LogP contribution is 2.32. The second-order valence-corrected chi connectivity index (χ2v) is 8.07. The van der Waals surface area contributed by atoms with Gasteiger partial charge in [0.15, 0.2) is 4.34 Å². The Hall–Kier alpha value is -1.59. The first-order valence-corrected chi connectivity index (χ1v) is 9.79. The monoisotopic (exact) mass is 342 g/mol. The van der Waals surface area contributed by atoms with Gasteiger partial charge in [0.25, 0.3) is 0 Å². The van der Waals surface area contributed by atoms with Crippen LogP contribution in [-0.2, 0) is 4.79 Å². The second-order valence-electron chi connectivity index (χ2n) is 5.81. The van der Waals surface area contributed by atoms with Crippen molar-refractivity contribution < 1.29 is 4.79 Å². The number of carbonyl (C=O) groups is 1. The van der Waals surface area contributed by atoms with Crippen molar-refractivity contribution in [2.45, 2.75) is 30.0 Å². The fourth-order valence-corrected chi connectivity index (χ4v) is 5.12. The molecule has 2 aromatic rings. The predicted molar refractivity (Wildman–Crippen MR) is 96.7 cm³/mol. The first kappa shape index (κ1) is 15.0. The number of thioether (sulfide) groups is 1. The molecule has 0 bridgehead atoms. The van der Waals surface area contributed by atoms with E-state index in [-0.39, 0.29) is 5.91 Å². The number of hydrogen-bond acceptors (Lipinski definition) is 4. The molecular formula is C18H18N2OS2. The van der Waals surface area contributed by atoms with Crippen LogP contribution in [0.25, 0.3) is 10.2 Å². The molecule has 2 aliphatic rings. The quantitative estimate of drug-likeness (QED) is 0.764. The number of fused-ring (bicyclic) bond motifs is 1. The molecule has 2 heterocycles. The first-order chi connectivity index (χ1) is 11.3. The molecule has 0 N–H and O–H groups in total. The van der Waals surface area contributed by atoms with E-state index in [1.54, 1.807) is 23.1 Å². The van der Waals surface area contributed by atoms with E-state index in [1.165, 1.54) is 10.3 Å². The Kier molecular flexibility index (Phi) is 4.23. The lowest BCUT2D eigenvalue weighted by Crippen LogP contribution is -2.35. The summed E-state index contributed by atoms with van der Waals surface area (Å²) in [6.45, 7) is 0.850. The lowest BCUT2D eigenvalue weighted by atomic mass is 9.94. The Morgan fingerprint density at radius 3 is 3.13 bits per heavy atom. The number of thiazole rings is 1. The second kappa shape index (κ2) is 6.49. The fourth-order valence-electron chi connectivity index (χ4n) is 3.18. The van der Waals surface area contributed by atoms with Crippen LogP contribution >= 0.6 is 23.1 Å². The van der Waals surface area contributed by atoms with Crippen molar-refractivity contribution in [3.63, 3.8) is 0 Å². The summed E-state index contributed by atoms with van der Waals surface area (Å²) in [6.07, 6.45) is 8.78. The number of benzene rings is 1. The zero-order valence-electron chi connectivity index (χ0n) is 12.8. The van der Waals surface area contributed by atoms with Crippen molar-refractivity contribution in [2.24, 2.45) is 0 Å².